The fourth-order valence-corrected chi connectivity index (χ4v) is 3.13. The van der Waals surface area contributed by atoms with Gasteiger partial charge in [-0.05, 0) is 25.0 Å². The first-order valence-corrected chi connectivity index (χ1v) is 8.36. The first-order chi connectivity index (χ1) is 12.2. The molecule has 1 heterocycles. The molecule has 1 aliphatic carbocycles. The Kier molecular flexibility index (Phi) is 5.24. The van der Waals surface area contributed by atoms with E-state index in [4.69, 9.17) is 9.84 Å². The van der Waals surface area contributed by atoms with E-state index in [0.29, 0.717) is 23.7 Å². The number of rotatable bonds is 5. The lowest BCUT2D eigenvalue weighted by molar-refractivity contribution is 0.0696. The van der Waals surface area contributed by atoms with Crippen LogP contribution >= 0.6 is 0 Å². The zero-order valence-corrected chi connectivity index (χ0v) is 13.8. The fraction of sp³-hybridized carbons (Fsp3) is 0.368. The number of para-hydroxylation sites is 1. The van der Waals surface area contributed by atoms with Gasteiger partial charge in [-0.2, -0.15) is 5.26 Å². The van der Waals surface area contributed by atoms with Gasteiger partial charge in [0.25, 0.3) is 0 Å². The van der Waals surface area contributed by atoms with Gasteiger partial charge in [0, 0.05) is 18.3 Å². The summed E-state index contributed by atoms with van der Waals surface area (Å²) in [5.41, 5.74) is 0.755. The number of benzene rings is 1. The summed E-state index contributed by atoms with van der Waals surface area (Å²) in [7, 11) is 0. The normalized spacial score (nSPS) is 19.8. The van der Waals surface area contributed by atoms with E-state index in [1.807, 2.05) is 24.3 Å². The van der Waals surface area contributed by atoms with Crippen molar-refractivity contribution in [3.05, 3.63) is 42.2 Å². The number of ether oxygens (including phenoxy) is 1. The van der Waals surface area contributed by atoms with Gasteiger partial charge in [-0.3, -0.25) is 0 Å². The van der Waals surface area contributed by atoms with Crippen molar-refractivity contribution in [3.63, 3.8) is 0 Å². The first-order valence-electron chi connectivity index (χ1n) is 8.36. The Labute approximate surface area is 146 Å². The Morgan fingerprint density at radius 3 is 2.68 bits per heavy atom. The maximum Gasteiger partial charge on any atom is 0.338 e. The molecule has 128 valence electrons. The number of carboxylic acid groups (broad SMARTS) is 1. The summed E-state index contributed by atoms with van der Waals surface area (Å²) in [4.78, 5) is 19.2. The van der Waals surface area contributed by atoms with Crippen LogP contribution in [-0.4, -0.2) is 27.7 Å². The highest BCUT2D eigenvalue weighted by Gasteiger charge is 2.25. The van der Waals surface area contributed by atoms with Crippen molar-refractivity contribution in [1.29, 1.82) is 5.26 Å². The summed E-state index contributed by atoms with van der Waals surface area (Å²) in [6.45, 7) is 0.489. The van der Waals surface area contributed by atoms with Crippen LogP contribution in [0.3, 0.4) is 0 Å². The van der Waals surface area contributed by atoms with Crippen molar-refractivity contribution in [1.82, 2.24) is 9.97 Å². The second-order valence-electron chi connectivity index (χ2n) is 6.19. The smallest absolute Gasteiger partial charge is 0.338 e. The fourth-order valence-electron chi connectivity index (χ4n) is 3.13. The van der Waals surface area contributed by atoms with E-state index in [2.05, 4.69) is 16.0 Å². The number of carboxylic acids is 1. The molecule has 0 radical (unpaired) electrons. The Morgan fingerprint density at radius 2 is 1.96 bits per heavy atom. The monoisotopic (exact) mass is 337 g/mol. The Balaban J connectivity index is 1.77. The van der Waals surface area contributed by atoms with E-state index in [0.717, 1.165) is 25.7 Å². The van der Waals surface area contributed by atoms with Crippen LogP contribution in [-0.2, 0) is 0 Å². The molecule has 0 amide bonds. The highest BCUT2D eigenvalue weighted by atomic mass is 16.5. The van der Waals surface area contributed by atoms with Crippen LogP contribution in [0.25, 0.3) is 11.4 Å². The average Bonchev–Trinajstić information content (AvgIpc) is 2.67. The van der Waals surface area contributed by atoms with Crippen molar-refractivity contribution >= 4 is 5.97 Å². The minimum absolute atomic E-state index is 0.0428. The highest BCUT2D eigenvalue weighted by Crippen LogP contribution is 2.32. The molecule has 2 unspecified atom stereocenters. The molecule has 25 heavy (non-hydrogen) atoms. The van der Waals surface area contributed by atoms with Gasteiger partial charge in [0.2, 0.25) is 0 Å². The molecule has 2 atom stereocenters. The van der Waals surface area contributed by atoms with Gasteiger partial charge in [-0.15, -0.1) is 0 Å². The van der Waals surface area contributed by atoms with Crippen LogP contribution < -0.4 is 4.74 Å². The zero-order valence-electron chi connectivity index (χ0n) is 13.8. The predicted molar refractivity (Wildman–Crippen MR) is 91.0 cm³/mol. The molecule has 6 heteroatoms. The molecule has 0 spiro atoms. The number of aromatic nitrogens is 2. The molecule has 2 aromatic rings. The van der Waals surface area contributed by atoms with Gasteiger partial charge in [-0.1, -0.05) is 25.0 Å². The molecule has 1 aliphatic rings. The topological polar surface area (TPSA) is 96.1 Å². The highest BCUT2D eigenvalue weighted by molar-refractivity contribution is 5.87. The van der Waals surface area contributed by atoms with Gasteiger partial charge >= 0.3 is 5.97 Å². The molecular weight excluding hydrogens is 318 g/mol. The SMILES string of the molecule is N#CC1CCCCC1COc1ccccc1-c1ncc(C(=O)O)cn1. The molecule has 0 aliphatic heterocycles. The van der Waals surface area contributed by atoms with E-state index in [-0.39, 0.29) is 17.4 Å². The number of nitrogens with zero attached hydrogens (tertiary/aromatic N) is 3. The van der Waals surface area contributed by atoms with Gasteiger partial charge in [-0.25, -0.2) is 14.8 Å². The van der Waals surface area contributed by atoms with Crippen LogP contribution in [0.2, 0.25) is 0 Å². The van der Waals surface area contributed by atoms with Gasteiger partial charge in [0.05, 0.1) is 29.7 Å². The van der Waals surface area contributed by atoms with E-state index >= 15 is 0 Å². The van der Waals surface area contributed by atoms with Gasteiger partial charge in [0.1, 0.15) is 5.75 Å². The van der Waals surface area contributed by atoms with Crippen LogP contribution in [0.1, 0.15) is 36.0 Å². The van der Waals surface area contributed by atoms with Gasteiger partial charge in [0.15, 0.2) is 5.82 Å². The summed E-state index contributed by atoms with van der Waals surface area (Å²) >= 11 is 0. The maximum atomic E-state index is 10.9. The molecule has 1 N–H and O–H groups in total. The summed E-state index contributed by atoms with van der Waals surface area (Å²) in [6, 6.07) is 9.80. The van der Waals surface area contributed by atoms with Crippen LogP contribution in [0.4, 0.5) is 0 Å². The lowest BCUT2D eigenvalue weighted by Gasteiger charge is -2.26. The number of hydrogen-bond donors (Lipinski definition) is 1. The molecule has 1 fully saturated rings. The molecule has 6 nitrogen and oxygen atoms in total. The average molecular weight is 337 g/mol. The van der Waals surface area contributed by atoms with E-state index in [9.17, 15) is 10.1 Å². The Morgan fingerprint density at radius 1 is 1.24 bits per heavy atom. The van der Waals surface area contributed by atoms with Crippen LogP contribution in [0.5, 0.6) is 5.75 Å². The Hall–Kier alpha value is -2.94. The third-order valence-corrected chi connectivity index (χ3v) is 4.55. The molecule has 0 saturated heterocycles. The van der Waals surface area contributed by atoms with Crippen molar-refractivity contribution in [3.8, 4) is 23.2 Å². The lowest BCUT2D eigenvalue weighted by atomic mass is 9.80. The van der Waals surface area contributed by atoms with Crippen LogP contribution in [0.15, 0.2) is 36.7 Å². The van der Waals surface area contributed by atoms with Crippen molar-refractivity contribution in [2.45, 2.75) is 25.7 Å². The second kappa shape index (κ2) is 7.75. The third-order valence-electron chi connectivity index (χ3n) is 4.55. The van der Waals surface area contributed by atoms with E-state index < -0.39 is 5.97 Å². The third kappa shape index (κ3) is 3.94. The molecule has 0 bridgehead atoms. The quantitative estimate of drug-likeness (QED) is 0.896. The minimum Gasteiger partial charge on any atom is -0.492 e. The number of aromatic carboxylic acids is 1. The molecule has 1 aromatic heterocycles. The van der Waals surface area contributed by atoms with E-state index in [1.54, 1.807) is 0 Å². The molecule has 1 aromatic carbocycles. The van der Waals surface area contributed by atoms with Crippen molar-refractivity contribution in [2.75, 3.05) is 6.61 Å². The molecule has 3 rings (SSSR count). The number of nitriles is 1. The summed E-state index contributed by atoms with van der Waals surface area (Å²) in [5.74, 6) is 0.291. The van der Waals surface area contributed by atoms with Crippen molar-refractivity contribution < 1.29 is 14.6 Å². The number of carbonyl (C=O) groups is 1. The van der Waals surface area contributed by atoms with Crippen molar-refractivity contribution in [2.24, 2.45) is 11.8 Å². The Bertz CT molecular complexity index is 783. The maximum absolute atomic E-state index is 10.9. The van der Waals surface area contributed by atoms with Crippen LogP contribution in [0, 0.1) is 23.2 Å². The minimum atomic E-state index is -1.06. The lowest BCUT2D eigenvalue weighted by Crippen LogP contribution is -2.24. The van der Waals surface area contributed by atoms with E-state index in [1.165, 1.54) is 12.4 Å². The molecular formula is C19H19N3O3. The second-order valence-corrected chi connectivity index (χ2v) is 6.19. The van der Waals surface area contributed by atoms with Gasteiger partial charge < -0.3 is 9.84 Å². The largest absolute Gasteiger partial charge is 0.492 e. The zero-order chi connectivity index (χ0) is 17.6. The predicted octanol–water partition coefficient (Wildman–Crippen LogP) is 3.55. The summed E-state index contributed by atoms with van der Waals surface area (Å²) in [6.07, 6.45) is 6.75. The number of hydrogen-bond acceptors (Lipinski definition) is 5. The molecule has 1 saturated carbocycles. The summed E-state index contributed by atoms with van der Waals surface area (Å²) < 4.78 is 5.99. The summed E-state index contributed by atoms with van der Waals surface area (Å²) in [5, 5.41) is 18.2. The first kappa shape index (κ1) is 16.9. The standard InChI is InChI=1S/C19H19N3O3/c20-9-13-5-1-2-6-14(13)12-25-17-8-4-3-7-16(17)18-21-10-15(11-22-18)19(23)24/h3-4,7-8,10-11,13-14H,1-2,5-6,12H2,(H,23,24).